The van der Waals surface area contributed by atoms with Gasteiger partial charge in [0, 0.05) is 33.2 Å². The number of benzene rings is 1. The molecule has 0 spiro atoms. The number of anilines is 2. The molecule has 142 valence electrons. The summed E-state index contributed by atoms with van der Waals surface area (Å²) in [4.78, 5) is 4.89. The maximum Gasteiger partial charge on any atom is 0.265 e. The predicted molar refractivity (Wildman–Crippen MR) is 104 cm³/mol. The van der Waals surface area contributed by atoms with Gasteiger partial charge in [0.25, 0.3) is 10.0 Å². The molecule has 1 fully saturated rings. The molecule has 1 aliphatic heterocycles. The number of rotatable bonds is 5. The van der Waals surface area contributed by atoms with Crippen LogP contribution >= 0.6 is 0 Å². The lowest BCUT2D eigenvalue weighted by Gasteiger charge is -2.36. The molecule has 1 saturated heterocycles. The van der Waals surface area contributed by atoms with E-state index < -0.39 is 10.0 Å². The van der Waals surface area contributed by atoms with Crippen LogP contribution in [0.2, 0.25) is 0 Å². The number of likely N-dealkylation sites (N-methyl/N-ethyl adjacent to an activating group) is 1. The minimum atomic E-state index is -3.70. The minimum absolute atomic E-state index is 0.255. The van der Waals surface area contributed by atoms with Gasteiger partial charge in [0.05, 0.1) is 22.8 Å². The Bertz CT molecular complexity index is 883. The Morgan fingerprint density at radius 2 is 1.77 bits per heavy atom. The summed E-state index contributed by atoms with van der Waals surface area (Å²) in [5.74, 6) is 0. The molecule has 0 unspecified atom stereocenters. The molecular weight excluding hydrogens is 350 g/mol. The van der Waals surface area contributed by atoms with Crippen LogP contribution in [0.1, 0.15) is 18.3 Å². The third-order valence-corrected chi connectivity index (χ3v) is 6.64. The van der Waals surface area contributed by atoms with E-state index in [2.05, 4.69) is 26.5 Å². The van der Waals surface area contributed by atoms with E-state index in [1.807, 2.05) is 24.3 Å². The Balaban J connectivity index is 1.89. The standard InChI is InChI=1S/C18H27N5O2S/c1-5-22-10-12-23(13-11-22)17-9-7-6-8-16(17)20-26(24,25)18-14(2)19-21(4)15(18)3/h6-9,20H,5,10-13H2,1-4H3. The summed E-state index contributed by atoms with van der Waals surface area (Å²) in [7, 11) is -1.95. The molecule has 7 nitrogen and oxygen atoms in total. The van der Waals surface area contributed by atoms with Crippen LogP contribution in [0.25, 0.3) is 0 Å². The lowest BCUT2D eigenvalue weighted by atomic mass is 10.2. The highest BCUT2D eigenvalue weighted by molar-refractivity contribution is 7.92. The number of aryl methyl sites for hydroxylation is 2. The van der Waals surface area contributed by atoms with Crippen molar-refractivity contribution in [2.75, 3.05) is 42.3 Å². The summed E-state index contributed by atoms with van der Waals surface area (Å²) in [6.07, 6.45) is 0. The predicted octanol–water partition coefficient (Wildman–Crippen LogP) is 1.98. The van der Waals surface area contributed by atoms with Crippen LogP contribution in [0.15, 0.2) is 29.2 Å². The smallest absolute Gasteiger partial charge is 0.265 e. The van der Waals surface area contributed by atoms with Crippen LogP contribution in [-0.4, -0.2) is 55.8 Å². The maximum atomic E-state index is 13.0. The monoisotopic (exact) mass is 377 g/mol. The van der Waals surface area contributed by atoms with Gasteiger partial charge in [-0.15, -0.1) is 0 Å². The van der Waals surface area contributed by atoms with E-state index in [1.165, 1.54) is 0 Å². The summed E-state index contributed by atoms with van der Waals surface area (Å²) >= 11 is 0. The number of nitrogens with zero attached hydrogens (tertiary/aromatic N) is 4. The first kappa shape index (κ1) is 18.7. The highest BCUT2D eigenvalue weighted by Crippen LogP contribution is 2.30. The normalized spacial score (nSPS) is 16.1. The van der Waals surface area contributed by atoms with Crippen LogP contribution in [-0.2, 0) is 17.1 Å². The number of sulfonamides is 1. The summed E-state index contributed by atoms with van der Waals surface area (Å²) in [5, 5.41) is 4.23. The van der Waals surface area contributed by atoms with E-state index in [9.17, 15) is 8.42 Å². The number of hydrogen-bond donors (Lipinski definition) is 1. The molecule has 1 N–H and O–H groups in total. The van der Waals surface area contributed by atoms with Crippen molar-refractivity contribution in [1.82, 2.24) is 14.7 Å². The van der Waals surface area contributed by atoms with Crippen molar-refractivity contribution < 1.29 is 8.42 Å². The Hall–Kier alpha value is -2.06. The molecule has 0 aliphatic carbocycles. The number of piperazine rings is 1. The fourth-order valence-electron chi connectivity index (χ4n) is 3.48. The molecule has 0 atom stereocenters. The molecule has 0 amide bonds. The molecule has 2 aromatic rings. The molecule has 0 radical (unpaired) electrons. The van der Waals surface area contributed by atoms with E-state index in [0.717, 1.165) is 38.4 Å². The summed E-state index contributed by atoms with van der Waals surface area (Å²) in [6.45, 7) is 10.4. The molecule has 0 saturated carbocycles. The van der Waals surface area contributed by atoms with E-state index in [4.69, 9.17) is 0 Å². The largest absolute Gasteiger partial charge is 0.367 e. The lowest BCUT2D eigenvalue weighted by molar-refractivity contribution is 0.271. The van der Waals surface area contributed by atoms with Gasteiger partial charge in [-0.25, -0.2) is 8.42 Å². The first-order chi connectivity index (χ1) is 12.3. The first-order valence-corrected chi connectivity index (χ1v) is 10.4. The zero-order chi connectivity index (χ0) is 18.9. The molecular formula is C18H27N5O2S. The van der Waals surface area contributed by atoms with Crippen molar-refractivity contribution in [3.63, 3.8) is 0 Å². The number of nitrogens with one attached hydrogen (secondary N) is 1. The van der Waals surface area contributed by atoms with Crippen molar-refractivity contribution in [2.24, 2.45) is 7.05 Å². The number of aromatic nitrogens is 2. The number of para-hydroxylation sites is 2. The van der Waals surface area contributed by atoms with E-state index in [1.54, 1.807) is 25.6 Å². The SMILES string of the molecule is CCN1CCN(c2ccccc2NS(=O)(=O)c2c(C)nn(C)c2C)CC1. The zero-order valence-electron chi connectivity index (χ0n) is 15.9. The van der Waals surface area contributed by atoms with Crippen molar-refractivity contribution in [3.05, 3.63) is 35.7 Å². The third kappa shape index (κ3) is 3.57. The zero-order valence-corrected chi connectivity index (χ0v) is 16.7. The van der Waals surface area contributed by atoms with E-state index in [-0.39, 0.29) is 4.90 Å². The van der Waals surface area contributed by atoms with Gasteiger partial charge in [-0.05, 0) is 32.5 Å². The van der Waals surface area contributed by atoms with Gasteiger partial charge in [-0.3, -0.25) is 9.40 Å². The van der Waals surface area contributed by atoms with Gasteiger partial charge in [-0.1, -0.05) is 19.1 Å². The second kappa shape index (κ2) is 7.28. The topological polar surface area (TPSA) is 70.5 Å². The summed E-state index contributed by atoms with van der Waals surface area (Å²) in [6, 6.07) is 7.59. The van der Waals surface area contributed by atoms with Crippen LogP contribution in [0, 0.1) is 13.8 Å². The summed E-state index contributed by atoms with van der Waals surface area (Å²) in [5.41, 5.74) is 2.67. The highest BCUT2D eigenvalue weighted by atomic mass is 32.2. The molecule has 2 heterocycles. The number of hydrogen-bond acceptors (Lipinski definition) is 5. The Morgan fingerprint density at radius 3 is 2.35 bits per heavy atom. The van der Waals surface area contributed by atoms with E-state index >= 15 is 0 Å². The Kier molecular flexibility index (Phi) is 5.24. The van der Waals surface area contributed by atoms with Gasteiger partial charge >= 0.3 is 0 Å². The first-order valence-electron chi connectivity index (χ1n) is 8.93. The highest BCUT2D eigenvalue weighted by Gasteiger charge is 2.26. The molecule has 1 aliphatic rings. The fraction of sp³-hybridized carbons (Fsp3) is 0.500. The van der Waals surface area contributed by atoms with Gasteiger partial charge < -0.3 is 9.80 Å². The van der Waals surface area contributed by atoms with Crippen LogP contribution < -0.4 is 9.62 Å². The van der Waals surface area contributed by atoms with Crippen LogP contribution in [0.4, 0.5) is 11.4 Å². The average molecular weight is 378 g/mol. The Labute approximate surface area is 155 Å². The second-order valence-corrected chi connectivity index (χ2v) is 8.29. The summed E-state index contributed by atoms with van der Waals surface area (Å²) < 4.78 is 30.4. The molecule has 0 bridgehead atoms. The molecule has 3 rings (SSSR count). The quantitative estimate of drug-likeness (QED) is 0.863. The van der Waals surface area contributed by atoms with Gasteiger partial charge in [0.1, 0.15) is 4.90 Å². The molecule has 1 aromatic carbocycles. The average Bonchev–Trinajstić information content (AvgIpc) is 2.88. The van der Waals surface area contributed by atoms with Crippen LogP contribution in [0.3, 0.4) is 0 Å². The molecule has 26 heavy (non-hydrogen) atoms. The second-order valence-electron chi connectivity index (χ2n) is 6.67. The Morgan fingerprint density at radius 1 is 1.12 bits per heavy atom. The lowest BCUT2D eigenvalue weighted by Crippen LogP contribution is -2.46. The fourth-order valence-corrected chi connectivity index (χ4v) is 4.99. The van der Waals surface area contributed by atoms with E-state index in [0.29, 0.717) is 17.1 Å². The third-order valence-electron chi connectivity index (χ3n) is 5.02. The van der Waals surface area contributed by atoms with Crippen molar-refractivity contribution in [1.29, 1.82) is 0 Å². The molecule has 8 heteroatoms. The molecule has 1 aromatic heterocycles. The maximum absolute atomic E-state index is 13.0. The van der Waals surface area contributed by atoms with Crippen LogP contribution in [0.5, 0.6) is 0 Å². The van der Waals surface area contributed by atoms with Crippen molar-refractivity contribution >= 4 is 21.4 Å². The van der Waals surface area contributed by atoms with Gasteiger partial charge in [-0.2, -0.15) is 5.10 Å². The van der Waals surface area contributed by atoms with Crippen molar-refractivity contribution in [2.45, 2.75) is 25.7 Å². The van der Waals surface area contributed by atoms with Gasteiger partial charge in [0.15, 0.2) is 0 Å². The van der Waals surface area contributed by atoms with Crippen molar-refractivity contribution in [3.8, 4) is 0 Å². The van der Waals surface area contributed by atoms with Gasteiger partial charge in [0.2, 0.25) is 0 Å². The minimum Gasteiger partial charge on any atom is -0.367 e.